The number of aliphatic hydroxyl groups is 2. The Morgan fingerprint density at radius 2 is 2.14 bits per heavy atom. The number of anilines is 1. The molecule has 0 unspecified atom stereocenters. The van der Waals surface area contributed by atoms with Crippen molar-refractivity contribution in [1.29, 1.82) is 0 Å². The third kappa shape index (κ3) is 2.20. The molecular weight excluding hydrogens is 202 g/mol. The lowest BCUT2D eigenvalue weighted by atomic mass is 10.3. The summed E-state index contributed by atoms with van der Waals surface area (Å²) >= 11 is 1.28. The summed E-state index contributed by atoms with van der Waals surface area (Å²) in [5, 5.41) is 21.3. The van der Waals surface area contributed by atoms with Gasteiger partial charge in [0.15, 0.2) is 0 Å². The van der Waals surface area contributed by atoms with E-state index in [-0.39, 0.29) is 19.3 Å². The van der Waals surface area contributed by atoms with E-state index in [4.69, 9.17) is 10.2 Å². The van der Waals surface area contributed by atoms with Crippen molar-refractivity contribution in [3.8, 4) is 0 Å². The lowest BCUT2D eigenvalue weighted by Gasteiger charge is -2.10. The van der Waals surface area contributed by atoms with E-state index in [1.165, 1.54) is 24.4 Å². The number of rotatable bonds is 5. The second-order valence-corrected chi connectivity index (χ2v) is 4.19. The standard InChI is InChI=1S/C8H13N3O2S/c12-3-6(4-13)9-8-10-7(11-14-8)5-1-2-5/h5-6,12-13H,1-4H2,(H,9,10,11). The first-order valence-electron chi connectivity index (χ1n) is 4.65. The van der Waals surface area contributed by atoms with Crippen molar-refractivity contribution in [2.45, 2.75) is 24.8 Å². The molecule has 2 rings (SSSR count). The summed E-state index contributed by atoms with van der Waals surface area (Å²) in [4.78, 5) is 4.28. The van der Waals surface area contributed by atoms with Crippen LogP contribution in [0.1, 0.15) is 24.6 Å². The summed E-state index contributed by atoms with van der Waals surface area (Å²) in [6, 6.07) is -0.338. The second-order valence-electron chi connectivity index (χ2n) is 3.44. The molecule has 0 bridgehead atoms. The average molecular weight is 215 g/mol. The third-order valence-corrected chi connectivity index (χ3v) is 2.81. The Morgan fingerprint density at radius 3 is 2.71 bits per heavy atom. The Hall–Kier alpha value is -0.720. The van der Waals surface area contributed by atoms with Crippen molar-refractivity contribution in [2.75, 3.05) is 18.5 Å². The van der Waals surface area contributed by atoms with Gasteiger partial charge in [-0.2, -0.15) is 4.37 Å². The van der Waals surface area contributed by atoms with Crippen molar-refractivity contribution >= 4 is 16.7 Å². The second kappa shape index (κ2) is 4.20. The van der Waals surface area contributed by atoms with Gasteiger partial charge >= 0.3 is 0 Å². The Morgan fingerprint density at radius 1 is 1.43 bits per heavy atom. The zero-order valence-electron chi connectivity index (χ0n) is 7.68. The Balaban J connectivity index is 1.94. The molecule has 1 aliphatic carbocycles. The number of nitrogens with one attached hydrogen (secondary N) is 1. The van der Waals surface area contributed by atoms with Gasteiger partial charge < -0.3 is 15.5 Å². The summed E-state index contributed by atoms with van der Waals surface area (Å²) in [5.41, 5.74) is 0. The normalized spacial score (nSPS) is 16.2. The van der Waals surface area contributed by atoms with Crippen molar-refractivity contribution in [3.63, 3.8) is 0 Å². The molecule has 0 aliphatic heterocycles. The molecule has 1 saturated carbocycles. The first-order chi connectivity index (χ1) is 6.83. The van der Waals surface area contributed by atoms with Crippen LogP contribution >= 0.6 is 11.5 Å². The molecule has 0 spiro atoms. The number of hydrogen-bond acceptors (Lipinski definition) is 6. The molecule has 1 aliphatic rings. The van der Waals surface area contributed by atoms with Gasteiger partial charge in [-0.15, -0.1) is 0 Å². The van der Waals surface area contributed by atoms with Crippen LogP contribution in [-0.4, -0.2) is 38.8 Å². The summed E-state index contributed by atoms with van der Waals surface area (Å²) in [6.07, 6.45) is 2.36. The molecule has 14 heavy (non-hydrogen) atoms. The molecule has 0 radical (unpaired) electrons. The fraction of sp³-hybridized carbons (Fsp3) is 0.750. The predicted octanol–water partition coefficient (Wildman–Crippen LogP) is 0.181. The minimum atomic E-state index is -0.338. The number of nitrogens with zero attached hydrogens (tertiary/aromatic N) is 2. The lowest BCUT2D eigenvalue weighted by molar-refractivity contribution is 0.204. The van der Waals surface area contributed by atoms with Crippen molar-refractivity contribution in [1.82, 2.24) is 9.36 Å². The molecule has 78 valence electrons. The summed E-state index contributed by atoms with van der Waals surface area (Å²) in [6.45, 7) is -0.205. The van der Waals surface area contributed by atoms with E-state index < -0.39 is 0 Å². The SMILES string of the molecule is OCC(CO)Nc1nc(C2CC2)ns1. The Labute approximate surface area is 86.0 Å². The maximum Gasteiger partial charge on any atom is 0.202 e. The van der Waals surface area contributed by atoms with Gasteiger partial charge in [0.25, 0.3) is 0 Å². The van der Waals surface area contributed by atoms with Crippen molar-refractivity contribution in [2.24, 2.45) is 0 Å². The highest BCUT2D eigenvalue weighted by molar-refractivity contribution is 7.09. The van der Waals surface area contributed by atoms with E-state index in [0.717, 1.165) is 5.82 Å². The molecular formula is C8H13N3O2S. The first kappa shape index (κ1) is 9.82. The van der Waals surface area contributed by atoms with Gasteiger partial charge in [0.2, 0.25) is 5.13 Å². The molecule has 1 aromatic heterocycles. The molecule has 1 aromatic rings. The quantitative estimate of drug-likeness (QED) is 0.653. The molecule has 1 fully saturated rings. The van der Waals surface area contributed by atoms with Gasteiger partial charge in [-0.3, -0.25) is 0 Å². The molecule has 0 atom stereocenters. The summed E-state index contributed by atoms with van der Waals surface area (Å²) in [5.74, 6) is 1.44. The maximum atomic E-state index is 8.85. The minimum Gasteiger partial charge on any atom is -0.394 e. The predicted molar refractivity (Wildman–Crippen MR) is 53.5 cm³/mol. The Kier molecular flexibility index (Phi) is 2.95. The average Bonchev–Trinajstić information content (AvgIpc) is 2.96. The van der Waals surface area contributed by atoms with E-state index in [0.29, 0.717) is 11.0 Å². The molecule has 1 heterocycles. The van der Waals surface area contributed by atoms with E-state index in [1.807, 2.05) is 0 Å². The largest absolute Gasteiger partial charge is 0.394 e. The van der Waals surface area contributed by atoms with E-state index in [9.17, 15) is 0 Å². The van der Waals surface area contributed by atoms with E-state index >= 15 is 0 Å². The smallest absolute Gasteiger partial charge is 0.202 e. The summed E-state index contributed by atoms with van der Waals surface area (Å²) in [7, 11) is 0. The minimum absolute atomic E-state index is 0.102. The zero-order chi connectivity index (χ0) is 9.97. The van der Waals surface area contributed by atoms with Gasteiger partial charge in [0.05, 0.1) is 19.3 Å². The monoisotopic (exact) mass is 215 g/mol. The van der Waals surface area contributed by atoms with Gasteiger partial charge in [-0.05, 0) is 12.8 Å². The number of aliphatic hydroxyl groups excluding tert-OH is 2. The van der Waals surface area contributed by atoms with Crippen LogP contribution in [0.2, 0.25) is 0 Å². The fourth-order valence-electron chi connectivity index (χ4n) is 1.12. The van der Waals surface area contributed by atoms with Crippen LogP contribution in [0.25, 0.3) is 0 Å². The van der Waals surface area contributed by atoms with Crippen LogP contribution in [0.15, 0.2) is 0 Å². The highest BCUT2D eigenvalue weighted by Gasteiger charge is 2.27. The van der Waals surface area contributed by atoms with Crippen LogP contribution in [0.3, 0.4) is 0 Å². The van der Waals surface area contributed by atoms with Gasteiger partial charge in [0, 0.05) is 17.5 Å². The molecule has 0 aromatic carbocycles. The van der Waals surface area contributed by atoms with Crippen LogP contribution in [-0.2, 0) is 0 Å². The number of hydrogen-bond donors (Lipinski definition) is 3. The number of aromatic nitrogens is 2. The molecule has 3 N–H and O–H groups in total. The topological polar surface area (TPSA) is 78.3 Å². The van der Waals surface area contributed by atoms with Gasteiger partial charge in [0.1, 0.15) is 5.82 Å². The third-order valence-electron chi connectivity index (χ3n) is 2.15. The van der Waals surface area contributed by atoms with Gasteiger partial charge in [-0.1, -0.05) is 0 Å². The van der Waals surface area contributed by atoms with Gasteiger partial charge in [-0.25, -0.2) is 4.98 Å². The zero-order valence-corrected chi connectivity index (χ0v) is 8.50. The highest BCUT2D eigenvalue weighted by Crippen LogP contribution is 2.39. The fourth-order valence-corrected chi connectivity index (χ4v) is 1.85. The van der Waals surface area contributed by atoms with Crippen LogP contribution < -0.4 is 5.32 Å². The molecule has 0 amide bonds. The maximum absolute atomic E-state index is 8.85. The lowest BCUT2D eigenvalue weighted by Crippen LogP contribution is -2.27. The van der Waals surface area contributed by atoms with E-state index in [2.05, 4.69) is 14.7 Å². The van der Waals surface area contributed by atoms with Crippen molar-refractivity contribution in [3.05, 3.63) is 5.82 Å². The van der Waals surface area contributed by atoms with Crippen molar-refractivity contribution < 1.29 is 10.2 Å². The van der Waals surface area contributed by atoms with Crippen LogP contribution in [0, 0.1) is 0 Å². The molecule has 0 saturated heterocycles. The summed E-state index contributed by atoms with van der Waals surface area (Å²) < 4.78 is 4.20. The molecule has 5 nitrogen and oxygen atoms in total. The Bertz CT molecular complexity index is 297. The van der Waals surface area contributed by atoms with Crippen LogP contribution in [0.4, 0.5) is 5.13 Å². The van der Waals surface area contributed by atoms with E-state index in [1.54, 1.807) is 0 Å². The first-order valence-corrected chi connectivity index (χ1v) is 5.42. The van der Waals surface area contributed by atoms with Crippen LogP contribution in [0.5, 0.6) is 0 Å². The molecule has 6 heteroatoms. The highest BCUT2D eigenvalue weighted by atomic mass is 32.1.